The van der Waals surface area contributed by atoms with Crippen LogP contribution in [0.2, 0.25) is 0 Å². The lowest BCUT2D eigenvalue weighted by Crippen LogP contribution is -2.45. The number of hydrogen-bond donors (Lipinski definition) is 1. The first-order chi connectivity index (χ1) is 12.7. The van der Waals surface area contributed by atoms with Crippen LogP contribution in [-0.4, -0.2) is 38.0 Å². The van der Waals surface area contributed by atoms with Crippen molar-refractivity contribution in [3.05, 3.63) is 23.9 Å². The smallest absolute Gasteiger partial charge is 0.212 e. The Balaban J connectivity index is 1.41. The Kier molecular flexibility index (Phi) is 4.58. The lowest BCUT2D eigenvalue weighted by molar-refractivity contribution is -0.128. The van der Waals surface area contributed by atoms with E-state index in [2.05, 4.69) is 28.5 Å². The Hall–Kier alpha value is -1.47. The maximum Gasteiger partial charge on any atom is 0.212 e. The highest BCUT2D eigenvalue weighted by Gasteiger charge is 2.65. The molecule has 2 heterocycles. The van der Waals surface area contributed by atoms with Crippen LogP contribution in [0.4, 0.5) is 5.82 Å². The number of nitrogens with zero attached hydrogens (tertiary/aromatic N) is 2. The largest absolute Gasteiger partial charge is 0.357 e. The molecule has 2 atom stereocenters. The third-order valence-electron chi connectivity index (χ3n) is 7.31. The fraction of sp³-hybridized carbons (Fsp3) is 0.700. The zero-order valence-electron chi connectivity index (χ0n) is 16.2. The minimum absolute atomic E-state index is 0.0956. The van der Waals surface area contributed by atoms with Gasteiger partial charge in [0.05, 0.1) is 5.75 Å². The number of pyridine rings is 1. The number of sulfonamides is 1. The summed E-state index contributed by atoms with van der Waals surface area (Å²) in [5, 5.41) is 0. The van der Waals surface area contributed by atoms with Crippen molar-refractivity contribution in [2.45, 2.75) is 52.5 Å². The fourth-order valence-corrected chi connectivity index (χ4v) is 7.15. The molecule has 0 spiro atoms. The first kappa shape index (κ1) is 18.9. The van der Waals surface area contributed by atoms with Crippen LogP contribution in [0, 0.1) is 16.7 Å². The zero-order chi connectivity index (χ0) is 19.3. The van der Waals surface area contributed by atoms with Gasteiger partial charge in [0.1, 0.15) is 11.6 Å². The van der Waals surface area contributed by atoms with Gasteiger partial charge >= 0.3 is 0 Å². The van der Waals surface area contributed by atoms with Crippen LogP contribution in [0.1, 0.15) is 51.5 Å². The molecule has 2 bridgehead atoms. The number of nitrogens with one attached hydrogen (secondary N) is 1. The van der Waals surface area contributed by atoms with Crippen molar-refractivity contribution in [3.63, 3.8) is 0 Å². The molecule has 0 amide bonds. The maximum absolute atomic E-state index is 12.8. The number of anilines is 1. The standard InChI is InChI=1S/C20H29N3O3S/c1-19(2)16-7-8-20(19,17(24)11-16)14-27(25,26)22-13-15-5-6-18(21-12-15)23-9-3-4-10-23/h5-6,12,16,22H,3-4,7-11,13-14H2,1-2H3. The van der Waals surface area contributed by atoms with Gasteiger partial charge in [-0.05, 0) is 48.6 Å². The van der Waals surface area contributed by atoms with Crippen molar-refractivity contribution < 1.29 is 13.2 Å². The van der Waals surface area contributed by atoms with Gasteiger partial charge in [-0.3, -0.25) is 4.79 Å². The molecular weight excluding hydrogens is 362 g/mol. The summed E-state index contributed by atoms with van der Waals surface area (Å²) in [6, 6.07) is 3.89. The molecule has 3 fully saturated rings. The van der Waals surface area contributed by atoms with E-state index in [0.29, 0.717) is 18.8 Å². The Morgan fingerprint density at radius 2 is 2.00 bits per heavy atom. The van der Waals surface area contributed by atoms with Crippen LogP contribution in [0.3, 0.4) is 0 Å². The van der Waals surface area contributed by atoms with Gasteiger partial charge in [0.2, 0.25) is 10.0 Å². The minimum Gasteiger partial charge on any atom is -0.357 e. The first-order valence-corrected chi connectivity index (χ1v) is 11.6. The summed E-state index contributed by atoms with van der Waals surface area (Å²) in [6.07, 6.45) is 6.31. The van der Waals surface area contributed by atoms with Gasteiger partial charge in [0.15, 0.2) is 0 Å². The summed E-state index contributed by atoms with van der Waals surface area (Å²) in [7, 11) is -3.55. The molecule has 2 aliphatic carbocycles. The normalized spacial score (nSPS) is 29.6. The molecule has 2 saturated carbocycles. The number of fused-ring (bicyclic) bond motifs is 2. The van der Waals surface area contributed by atoms with Crippen molar-refractivity contribution in [2.24, 2.45) is 16.7 Å². The number of Topliss-reactive ketones (excluding diaryl/α,β-unsaturated/α-hetero) is 1. The second-order valence-electron chi connectivity index (χ2n) is 8.97. The molecule has 0 radical (unpaired) electrons. The molecule has 7 heteroatoms. The van der Waals surface area contributed by atoms with Gasteiger partial charge in [-0.1, -0.05) is 19.9 Å². The summed E-state index contributed by atoms with van der Waals surface area (Å²) < 4.78 is 28.2. The van der Waals surface area contributed by atoms with Crippen molar-refractivity contribution in [1.82, 2.24) is 9.71 Å². The van der Waals surface area contributed by atoms with E-state index in [1.807, 2.05) is 12.1 Å². The number of carbonyl (C=O) groups is 1. The Bertz CT molecular complexity index is 829. The van der Waals surface area contributed by atoms with Crippen LogP contribution < -0.4 is 9.62 Å². The SMILES string of the molecule is CC1(C)C2CCC1(CS(=O)(=O)NCc1ccc(N3CCCC3)nc1)C(=O)C2. The Labute approximate surface area is 161 Å². The second-order valence-corrected chi connectivity index (χ2v) is 10.8. The monoisotopic (exact) mass is 391 g/mol. The summed E-state index contributed by atoms with van der Waals surface area (Å²) in [5.41, 5.74) is -0.126. The molecular formula is C20H29N3O3S. The van der Waals surface area contributed by atoms with Gasteiger partial charge in [-0.2, -0.15) is 0 Å². The average Bonchev–Trinajstić information content (AvgIpc) is 3.27. The van der Waals surface area contributed by atoms with Crippen molar-refractivity contribution in [3.8, 4) is 0 Å². The van der Waals surface area contributed by atoms with E-state index in [0.717, 1.165) is 30.9 Å². The number of hydrogen-bond acceptors (Lipinski definition) is 5. The number of carbonyl (C=O) groups excluding carboxylic acids is 1. The molecule has 148 valence electrons. The van der Waals surface area contributed by atoms with Crippen LogP contribution in [0.25, 0.3) is 0 Å². The molecule has 1 N–H and O–H groups in total. The van der Waals surface area contributed by atoms with Crippen LogP contribution in [0.5, 0.6) is 0 Å². The van der Waals surface area contributed by atoms with Gasteiger partial charge in [-0.15, -0.1) is 0 Å². The third-order valence-corrected chi connectivity index (χ3v) is 8.77. The predicted octanol–water partition coefficient (Wildman–Crippen LogP) is 2.50. The lowest BCUT2D eigenvalue weighted by Gasteiger charge is -2.36. The summed E-state index contributed by atoms with van der Waals surface area (Å²) >= 11 is 0. The molecule has 3 aliphatic rings. The summed E-state index contributed by atoms with van der Waals surface area (Å²) in [6.45, 7) is 6.40. The summed E-state index contributed by atoms with van der Waals surface area (Å²) in [5.74, 6) is 1.31. The topological polar surface area (TPSA) is 79.4 Å². The first-order valence-electron chi connectivity index (χ1n) is 9.94. The second kappa shape index (κ2) is 6.55. The van der Waals surface area contributed by atoms with E-state index in [-0.39, 0.29) is 23.5 Å². The van der Waals surface area contributed by atoms with Crippen molar-refractivity contribution in [2.75, 3.05) is 23.7 Å². The molecule has 1 aromatic rings. The van der Waals surface area contributed by atoms with Crippen LogP contribution in [-0.2, 0) is 21.4 Å². The van der Waals surface area contributed by atoms with E-state index < -0.39 is 15.4 Å². The molecule has 0 aromatic carbocycles. The zero-order valence-corrected chi connectivity index (χ0v) is 17.0. The predicted molar refractivity (Wildman–Crippen MR) is 105 cm³/mol. The Morgan fingerprint density at radius 3 is 2.56 bits per heavy atom. The highest BCUT2D eigenvalue weighted by Crippen LogP contribution is 2.64. The van der Waals surface area contributed by atoms with Gasteiger partial charge in [0, 0.05) is 37.7 Å². The highest BCUT2D eigenvalue weighted by atomic mass is 32.2. The number of aromatic nitrogens is 1. The van der Waals surface area contributed by atoms with E-state index in [1.54, 1.807) is 6.20 Å². The quantitative estimate of drug-likeness (QED) is 0.806. The van der Waals surface area contributed by atoms with E-state index in [9.17, 15) is 13.2 Å². The molecule has 27 heavy (non-hydrogen) atoms. The van der Waals surface area contributed by atoms with E-state index >= 15 is 0 Å². The van der Waals surface area contributed by atoms with Crippen molar-refractivity contribution in [1.29, 1.82) is 0 Å². The van der Waals surface area contributed by atoms with Crippen LogP contribution in [0.15, 0.2) is 18.3 Å². The molecule has 2 unspecified atom stereocenters. The average molecular weight is 392 g/mol. The van der Waals surface area contributed by atoms with Gasteiger partial charge < -0.3 is 4.90 Å². The van der Waals surface area contributed by atoms with E-state index in [1.165, 1.54) is 12.8 Å². The van der Waals surface area contributed by atoms with Gasteiger partial charge in [0.25, 0.3) is 0 Å². The van der Waals surface area contributed by atoms with E-state index in [4.69, 9.17) is 0 Å². The molecule has 4 rings (SSSR count). The van der Waals surface area contributed by atoms with Crippen LogP contribution >= 0.6 is 0 Å². The van der Waals surface area contributed by atoms with Gasteiger partial charge in [-0.25, -0.2) is 18.1 Å². The highest BCUT2D eigenvalue weighted by molar-refractivity contribution is 7.89. The van der Waals surface area contributed by atoms with Crippen molar-refractivity contribution >= 4 is 21.6 Å². The lowest BCUT2D eigenvalue weighted by atomic mass is 9.70. The number of rotatable bonds is 6. The number of ketones is 1. The molecule has 1 saturated heterocycles. The fourth-order valence-electron chi connectivity index (χ4n) is 5.33. The summed E-state index contributed by atoms with van der Waals surface area (Å²) in [4.78, 5) is 19.3. The Morgan fingerprint density at radius 1 is 1.26 bits per heavy atom. The molecule has 1 aromatic heterocycles. The third kappa shape index (κ3) is 3.18. The molecule has 1 aliphatic heterocycles. The molecule has 6 nitrogen and oxygen atoms in total. The maximum atomic E-state index is 12.8. The minimum atomic E-state index is -3.55.